The van der Waals surface area contributed by atoms with E-state index < -0.39 is 90.7 Å². The van der Waals surface area contributed by atoms with Crippen molar-refractivity contribution in [2.75, 3.05) is 37.8 Å². The second-order valence-corrected chi connectivity index (χ2v) is 25.4. The minimum atomic E-state index is -5.59. The van der Waals surface area contributed by atoms with E-state index in [4.69, 9.17) is 19.5 Å². The number of aliphatic hydroxyl groups excluding tert-OH is 3. The van der Waals surface area contributed by atoms with Crippen LogP contribution < -0.4 is 16.4 Å². The summed E-state index contributed by atoms with van der Waals surface area (Å²) in [6.07, 6.45) is 20.2. The Morgan fingerprint density at radius 2 is 1.33 bits per heavy atom. The van der Waals surface area contributed by atoms with Gasteiger partial charge in [-0.1, -0.05) is 167 Å². The van der Waals surface area contributed by atoms with Crippen molar-refractivity contribution >= 4 is 69.1 Å². The SMILES string of the molecule is CCCCCCCCCCCCCCCCCCCCCCC[C@H](O)CC(=O)SCCNC(=O)CCNC(=O)[C@H](O)C(C)(C)COP(=O)(O)OP(=O)(O)OC[C@H]1O[C@@H](n2cnc3c(N)ncnc32)C(O)C1OP(=O)(O)O. The minimum absolute atomic E-state index is 0.0275. The summed E-state index contributed by atoms with van der Waals surface area (Å²) in [5, 5.41) is 36.8. The molecule has 0 spiro atoms. The molecule has 11 N–H and O–H groups in total. The van der Waals surface area contributed by atoms with Crippen molar-refractivity contribution in [3.63, 3.8) is 0 Å². The van der Waals surface area contributed by atoms with E-state index in [2.05, 4.69) is 41.3 Å². The molecule has 2 aromatic heterocycles. The number of hydrogen-bond donors (Lipinski definition) is 10. The number of rotatable bonds is 43. The summed E-state index contributed by atoms with van der Waals surface area (Å²) in [6, 6.07) is 0. The Kier molecular flexibility index (Phi) is 31.5. The molecule has 1 aliphatic heterocycles. The van der Waals surface area contributed by atoms with Crippen LogP contribution in [0.1, 0.15) is 181 Å². The molecule has 0 aliphatic carbocycles. The van der Waals surface area contributed by atoms with E-state index in [1.54, 1.807) is 0 Å². The van der Waals surface area contributed by atoms with Gasteiger partial charge in [0.1, 0.15) is 36.3 Å². The molecule has 29 heteroatoms. The van der Waals surface area contributed by atoms with Gasteiger partial charge in [0.15, 0.2) is 22.8 Å². The number of fused-ring (bicyclic) bond motifs is 1. The van der Waals surface area contributed by atoms with Crippen LogP contribution in [0.2, 0.25) is 0 Å². The molecule has 1 aliphatic rings. The zero-order chi connectivity index (χ0) is 56.2. The maximum Gasteiger partial charge on any atom is 0.481 e. The Hall–Kier alpha value is -2.48. The standard InChI is InChI=1S/C47H86N7O18P3S/c1-4-5-6-7-8-9-10-11-12-13-14-15-16-17-18-19-20-21-22-23-24-25-35(55)30-38(57)76-29-28-49-37(56)26-27-50-45(60)42(59)47(2,3)32-69-75(66,67)72-74(64,65)68-31-36-41(71-73(61,62)63)40(58)46(70-36)54-34-53-39-43(48)51-33-52-44(39)54/h33-36,40-42,46,55,58-59H,4-32H2,1-3H3,(H,49,56)(H,50,60)(H,64,65)(H,66,67)(H2,48,51,52)(H2,61,62,63)/t35-,36+,40?,41?,42-,46+/m0/s1. The van der Waals surface area contributed by atoms with Crippen LogP contribution in [0, 0.1) is 5.41 Å². The van der Waals surface area contributed by atoms with Gasteiger partial charge < -0.3 is 56.0 Å². The van der Waals surface area contributed by atoms with Crippen LogP contribution in [-0.2, 0) is 50.7 Å². The molecule has 0 saturated carbocycles. The quantitative estimate of drug-likeness (QED) is 0.0235. The number of amides is 2. The number of carbonyl (C=O) groups excluding carboxylic acids is 3. The fraction of sp³-hybridized carbons (Fsp3) is 0.830. The van der Waals surface area contributed by atoms with Crippen molar-refractivity contribution in [3.8, 4) is 0 Å². The van der Waals surface area contributed by atoms with E-state index in [9.17, 15) is 63.0 Å². The van der Waals surface area contributed by atoms with Crippen LogP contribution in [0.15, 0.2) is 12.7 Å². The Bertz CT molecular complexity index is 2180. The number of nitrogen functional groups attached to an aromatic ring is 1. The third kappa shape index (κ3) is 27.1. The molecule has 3 rings (SSSR count). The first-order chi connectivity index (χ1) is 35.9. The van der Waals surface area contributed by atoms with E-state index in [1.165, 1.54) is 129 Å². The summed E-state index contributed by atoms with van der Waals surface area (Å²) < 4.78 is 62.5. The number of hydrogen-bond acceptors (Lipinski definition) is 19. The number of anilines is 1. The van der Waals surface area contributed by atoms with Gasteiger partial charge in [-0.2, -0.15) is 4.31 Å². The smallest absolute Gasteiger partial charge is 0.393 e. The number of aliphatic hydroxyl groups is 3. The molecule has 2 amide bonds. The van der Waals surface area contributed by atoms with Crippen molar-refractivity contribution in [3.05, 3.63) is 12.7 Å². The molecule has 438 valence electrons. The average Bonchev–Trinajstić information content (AvgIpc) is 3.91. The number of ether oxygens (including phenoxy) is 1. The lowest BCUT2D eigenvalue weighted by atomic mass is 9.87. The summed E-state index contributed by atoms with van der Waals surface area (Å²) in [7, 11) is -16.4. The third-order valence-corrected chi connectivity index (χ3v) is 16.8. The molecule has 0 radical (unpaired) electrons. The minimum Gasteiger partial charge on any atom is -0.393 e. The largest absolute Gasteiger partial charge is 0.481 e. The lowest BCUT2D eigenvalue weighted by molar-refractivity contribution is -0.137. The van der Waals surface area contributed by atoms with Crippen molar-refractivity contribution in [1.82, 2.24) is 30.2 Å². The molecule has 25 nitrogen and oxygen atoms in total. The Morgan fingerprint density at radius 1 is 0.789 bits per heavy atom. The van der Waals surface area contributed by atoms with Gasteiger partial charge >= 0.3 is 23.5 Å². The zero-order valence-electron chi connectivity index (χ0n) is 44.4. The Morgan fingerprint density at radius 3 is 1.88 bits per heavy atom. The molecule has 0 bridgehead atoms. The maximum atomic E-state index is 12.8. The second-order valence-electron chi connectivity index (χ2n) is 20.0. The van der Waals surface area contributed by atoms with Crippen LogP contribution in [0.3, 0.4) is 0 Å². The highest BCUT2D eigenvalue weighted by Gasteiger charge is 2.50. The van der Waals surface area contributed by atoms with Gasteiger partial charge in [-0.15, -0.1) is 0 Å². The van der Waals surface area contributed by atoms with Crippen LogP contribution in [0.25, 0.3) is 11.2 Å². The Labute approximate surface area is 450 Å². The van der Waals surface area contributed by atoms with Gasteiger partial charge in [-0.05, 0) is 6.42 Å². The number of aromatic nitrogens is 4. The second kappa shape index (κ2) is 35.3. The predicted molar refractivity (Wildman–Crippen MR) is 285 cm³/mol. The number of phosphoric acid groups is 3. The van der Waals surface area contributed by atoms with Gasteiger partial charge in [0, 0.05) is 37.1 Å². The van der Waals surface area contributed by atoms with E-state index in [1.807, 2.05) is 0 Å². The molecule has 0 aromatic carbocycles. The first-order valence-corrected chi connectivity index (χ1v) is 32.2. The van der Waals surface area contributed by atoms with Crippen LogP contribution in [-0.4, -0.2) is 134 Å². The lowest BCUT2D eigenvalue weighted by Crippen LogP contribution is -2.46. The zero-order valence-corrected chi connectivity index (χ0v) is 47.9. The number of nitrogens with one attached hydrogen (secondary N) is 2. The number of nitrogens with two attached hydrogens (primary N) is 1. The highest BCUT2D eigenvalue weighted by atomic mass is 32.2. The molecule has 1 saturated heterocycles. The first kappa shape index (κ1) is 67.8. The van der Waals surface area contributed by atoms with Crippen molar-refractivity contribution < 1.29 is 85.6 Å². The number of thioether (sulfide) groups is 1. The van der Waals surface area contributed by atoms with E-state index >= 15 is 0 Å². The van der Waals surface area contributed by atoms with Crippen LogP contribution in [0.4, 0.5) is 5.82 Å². The van der Waals surface area contributed by atoms with Gasteiger partial charge in [-0.3, -0.25) is 32.5 Å². The molecule has 2 aromatic rings. The van der Waals surface area contributed by atoms with Gasteiger partial charge in [-0.25, -0.2) is 28.6 Å². The summed E-state index contributed by atoms with van der Waals surface area (Å²) in [5.74, 6) is -1.21. The van der Waals surface area contributed by atoms with Crippen LogP contribution >= 0.6 is 35.2 Å². The Balaban J connectivity index is 1.22. The third-order valence-electron chi connectivity index (χ3n) is 12.8. The van der Waals surface area contributed by atoms with Crippen molar-refractivity contribution in [2.24, 2.45) is 5.41 Å². The van der Waals surface area contributed by atoms with Gasteiger partial charge in [0.25, 0.3) is 0 Å². The first-order valence-electron chi connectivity index (χ1n) is 26.7. The summed E-state index contributed by atoms with van der Waals surface area (Å²) >= 11 is 1.01. The van der Waals surface area contributed by atoms with E-state index in [-0.39, 0.29) is 53.8 Å². The number of phosphoric ester groups is 3. The van der Waals surface area contributed by atoms with Crippen LogP contribution in [0.5, 0.6) is 0 Å². The normalized spacial score (nSPS) is 19.6. The van der Waals surface area contributed by atoms with E-state index in [0.29, 0.717) is 6.42 Å². The summed E-state index contributed by atoms with van der Waals surface area (Å²) in [5.41, 5.74) is 4.27. The molecule has 4 unspecified atom stereocenters. The highest BCUT2D eigenvalue weighted by molar-refractivity contribution is 8.13. The number of unbranched alkanes of at least 4 members (excludes halogenated alkanes) is 20. The molecule has 8 atom stereocenters. The fourth-order valence-corrected chi connectivity index (χ4v) is 12.0. The lowest BCUT2D eigenvalue weighted by Gasteiger charge is -2.30. The highest BCUT2D eigenvalue weighted by Crippen LogP contribution is 2.61. The fourth-order valence-electron chi connectivity index (χ4n) is 8.46. The molecule has 76 heavy (non-hydrogen) atoms. The van der Waals surface area contributed by atoms with Gasteiger partial charge in [0.2, 0.25) is 11.8 Å². The average molecular weight is 1160 g/mol. The summed E-state index contributed by atoms with van der Waals surface area (Å²) in [4.78, 5) is 88.7. The van der Waals surface area contributed by atoms with Crippen molar-refractivity contribution in [1.29, 1.82) is 0 Å². The molecular formula is C47H86N7O18P3S. The maximum absolute atomic E-state index is 12.8. The number of carbonyl (C=O) groups is 3. The number of nitrogens with zero attached hydrogens (tertiary/aromatic N) is 4. The van der Waals surface area contributed by atoms with Crippen molar-refractivity contribution in [2.45, 2.75) is 212 Å². The topological polar surface area (TPSA) is 384 Å². The molecule has 1 fully saturated rings. The van der Waals surface area contributed by atoms with Gasteiger partial charge in [0.05, 0.1) is 25.6 Å². The summed E-state index contributed by atoms with van der Waals surface area (Å²) in [6.45, 7) is 2.68. The monoisotopic (exact) mass is 1160 g/mol. The molecule has 3 heterocycles. The predicted octanol–water partition coefficient (Wildman–Crippen LogP) is 7.02. The number of imidazole rings is 1. The molecular weight excluding hydrogens is 1080 g/mol. The van der Waals surface area contributed by atoms with E-state index in [0.717, 1.165) is 48.2 Å².